The normalized spacial score (nSPS) is 15.6. The van der Waals surface area contributed by atoms with Crippen molar-refractivity contribution in [2.45, 2.75) is 12.5 Å². The summed E-state index contributed by atoms with van der Waals surface area (Å²) in [5.41, 5.74) is 4.28. The van der Waals surface area contributed by atoms with E-state index in [1.165, 1.54) is 6.07 Å². The van der Waals surface area contributed by atoms with E-state index in [0.717, 1.165) is 15.8 Å². The first-order chi connectivity index (χ1) is 14.3. The monoisotopic (exact) mass is 425 g/mol. The van der Waals surface area contributed by atoms with Gasteiger partial charge in [-0.2, -0.15) is 5.10 Å². The minimum atomic E-state index is -0.758. The fraction of sp³-hybridized carbons (Fsp3) is 0.190. The molecule has 4 rings (SSSR count). The van der Waals surface area contributed by atoms with Gasteiger partial charge < -0.3 is 15.4 Å². The molecule has 0 spiro atoms. The van der Waals surface area contributed by atoms with Crippen LogP contribution in [0.25, 0.3) is 5.69 Å². The topological polar surface area (TPSA) is 103 Å². The Bertz CT molecular complexity index is 1240. The Hall–Kier alpha value is -3.52. The third-order valence-electron chi connectivity index (χ3n) is 5.01. The van der Waals surface area contributed by atoms with Crippen LogP contribution in [0, 0.1) is 0 Å². The van der Waals surface area contributed by atoms with Crippen molar-refractivity contribution in [1.29, 1.82) is 0 Å². The van der Waals surface area contributed by atoms with Gasteiger partial charge in [-0.05, 0) is 35.9 Å². The molecule has 3 N–H and O–H groups in total. The molecule has 1 aliphatic heterocycles. The van der Waals surface area contributed by atoms with Crippen LogP contribution in [0.3, 0.4) is 0 Å². The third kappa shape index (κ3) is 3.57. The number of hydrogen-bond donors (Lipinski definition) is 3. The molecule has 2 heterocycles. The summed E-state index contributed by atoms with van der Waals surface area (Å²) in [7, 11) is 3.93. The SMILES string of the molecule is CN(C)c1ccc([C@@H]2CC(c3c(O)n(-c4cccc(Cl)c4)c(=O)[nH]c3=O)=NN2)cc1. The maximum absolute atomic E-state index is 12.5. The van der Waals surface area contributed by atoms with Crippen molar-refractivity contribution in [1.82, 2.24) is 15.0 Å². The summed E-state index contributed by atoms with van der Waals surface area (Å²) in [5.74, 6) is -0.477. The van der Waals surface area contributed by atoms with Crippen molar-refractivity contribution in [3.63, 3.8) is 0 Å². The van der Waals surface area contributed by atoms with Crippen molar-refractivity contribution in [2.75, 3.05) is 19.0 Å². The maximum Gasteiger partial charge on any atom is 0.335 e. The summed E-state index contributed by atoms with van der Waals surface area (Å²) in [6.07, 6.45) is 0.381. The van der Waals surface area contributed by atoms with Crippen LogP contribution in [-0.2, 0) is 0 Å². The highest BCUT2D eigenvalue weighted by molar-refractivity contribution is 6.30. The molecule has 3 aromatic rings. The third-order valence-corrected chi connectivity index (χ3v) is 5.24. The van der Waals surface area contributed by atoms with Crippen molar-refractivity contribution in [2.24, 2.45) is 5.10 Å². The molecule has 0 saturated carbocycles. The molecule has 30 heavy (non-hydrogen) atoms. The van der Waals surface area contributed by atoms with E-state index in [-0.39, 0.29) is 11.6 Å². The molecule has 9 heteroatoms. The molecule has 0 fully saturated rings. The summed E-state index contributed by atoms with van der Waals surface area (Å²) in [5, 5.41) is 15.5. The molecule has 1 aliphatic rings. The second-order valence-corrected chi connectivity index (χ2v) is 7.64. The number of aromatic nitrogens is 2. The molecular weight excluding hydrogens is 406 g/mol. The number of aromatic amines is 1. The number of aromatic hydroxyl groups is 1. The summed E-state index contributed by atoms with van der Waals surface area (Å²) < 4.78 is 1.00. The number of hydrogen-bond acceptors (Lipinski definition) is 6. The quantitative estimate of drug-likeness (QED) is 0.595. The van der Waals surface area contributed by atoms with Gasteiger partial charge in [-0.3, -0.25) is 9.78 Å². The van der Waals surface area contributed by atoms with Crippen LogP contribution < -0.4 is 21.6 Å². The molecule has 1 aromatic heterocycles. The Kier molecular flexibility index (Phi) is 5.09. The van der Waals surface area contributed by atoms with Crippen LogP contribution in [0.1, 0.15) is 23.6 Å². The highest BCUT2D eigenvalue weighted by Gasteiger charge is 2.27. The summed E-state index contributed by atoms with van der Waals surface area (Å²) >= 11 is 6.01. The first-order valence-electron chi connectivity index (χ1n) is 9.29. The lowest BCUT2D eigenvalue weighted by molar-refractivity contribution is 0.429. The van der Waals surface area contributed by atoms with E-state index in [9.17, 15) is 14.7 Å². The molecule has 0 bridgehead atoms. The van der Waals surface area contributed by atoms with Gasteiger partial charge in [0.2, 0.25) is 5.88 Å². The van der Waals surface area contributed by atoms with E-state index in [1.54, 1.807) is 18.2 Å². The molecule has 0 unspecified atom stereocenters. The largest absolute Gasteiger partial charge is 0.493 e. The van der Waals surface area contributed by atoms with Crippen LogP contribution in [0.15, 0.2) is 63.2 Å². The van der Waals surface area contributed by atoms with E-state index in [2.05, 4.69) is 15.5 Å². The predicted molar refractivity (Wildman–Crippen MR) is 117 cm³/mol. The Morgan fingerprint density at radius 2 is 1.90 bits per heavy atom. The summed E-state index contributed by atoms with van der Waals surface area (Å²) in [4.78, 5) is 29.1. The van der Waals surface area contributed by atoms with E-state index >= 15 is 0 Å². The van der Waals surface area contributed by atoms with Crippen LogP contribution in [0.4, 0.5) is 5.69 Å². The highest BCUT2D eigenvalue weighted by atomic mass is 35.5. The smallest absolute Gasteiger partial charge is 0.335 e. The number of halogens is 1. The van der Waals surface area contributed by atoms with Gasteiger partial charge in [0.05, 0.1) is 17.4 Å². The van der Waals surface area contributed by atoms with Crippen molar-refractivity contribution < 1.29 is 5.11 Å². The molecule has 154 valence electrons. The number of rotatable bonds is 4. The Morgan fingerprint density at radius 1 is 1.17 bits per heavy atom. The van der Waals surface area contributed by atoms with E-state index in [1.807, 2.05) is 43.3 Å². The average Bonchev–Trinajstić information content (AvgIpc) is 3.17. The lowest BCUT2D eigenvalue weighted by Crippen LogP contribution is -2.33. The van der Waals surface area contributed by atoms with E-state index in [4.69, 9.17) is 11.6 Å². The van der Waals surface area contributed by atoms with Gasteiger partial charge in [0.25, 0.3) is 5.56 Å². The average molecular weight is 426 g/mol. The number of anilines is 1. The molecule has 0 radical (unpaired) electrons. The summed E-state index contributed by atoms with van der Waals surface area (Å²) in [6.45, 7) is 0. The van der Waals surface area contributed by atoms with Crippen molar-refractivity contribution >= 4 is 23.0 Å². The highest BCUT2D eigenvalue weighted by Crippen LogP contribution is 2.28. The number of benzene rings is 2. The number of nitrogens with zero attached hydrogens (tertiary/aromatic N) is 3. The van der Waals surface area contributed by atoms with Crippen LogP contribution in [0.2, 0.25) is 5.02 Å². The zero-order chi connectivity index (χ0) is 21.4. The zero-order valence-corrected chi connectivity index (χ0v) is 17.1. The Morgan fingerprint density at radius 3 is 2.57 bits per heavy atom. The molecule has 0 saturated heterocycles. The van der Waals surface area contributed by atoms with Gasteiger partial charge in [-0.25, -0.2) is 9.36 Å². The van der Waals surface area contributed by atoms with Crippen LogP contribution >= 0.6 is 11.6 Å². The van der Waals surface area contributed by atoms with Gasteiger partial charge in [0.15, 0.2) is 0 Å². The van der Waals surface area contributed by atoms with E-state index in [0.29, 0.717) is 22.8 Å². The van der Waals surface area contributed by atoms with Crippen molar-refractivity contribution in [3.8, 4) is 11.6 Å². The van der Waals surface area contributed by atoms with Crippen LogP contribution in [0.5, 0.6) is 5.88 Å². The first-order valence-corrected chi connectivity index (χ1v) is 9.67. The fourth-order valence-electron chi connectivity index (χ4n) is 3.44. The first kappa shape index (κ1) is 19.8. The maximum atomic E-state index is 12.5. The van der Waals surface area contributed by atoms with Crippen LogP contribution in [-0.4, -0.2) is 34.5 Å². The molecule has 8 nitrogen and oxygen atoms in total. The minimum absolute atomic E-state index is 0.0468. The molecular formula is C21H20ClN5O3. The lowest BCUT2D eigenvalue weighted by Gasteiger charge is -2.15. The second kappa shape index (κ2) is 7.72. The summed E-state index contributed by atoms with van der Waals surface area (Å²) in [6, 6.07) is 14.3. The van der Waals surface area contributed by atoms with Gasteiger partial charge in [0.1, 0.15) is 5.56 Å². The molecule has 2 aromatic carbocycles. The fourth-order valence-corrected chi connectivity index (χ4v) is 3.62. The van der Waals surface area contributed by atoms with Gasteiger partial charge >= 0.3 is 5.69 Å². The second-order valence-electron chi connectivity index (χ2n) is 7.20. The minimum Gasteiger partial charge on any atom is -0.493 e. The Balaban J connectivity index is 1.69. The van der Waals surface area contributed by atoms with Gasteiger partial charge in [-0.15, -0.1) is 0 Å². The predicted octanol–water partition coefficient (Wildman–Crippen LogP) is 2.39. The van der Waals surface area contributed by atoms with E-state index < -0.39 is 17.1 Å². The zero-order valence-electron chi connectivity index (χ0n) is 16.4. The lowest BCUT2D eigenvalue weighted by atomic mass is 9.99. The standard InChI is InChI=1S/C21H20ClN5O3/c1-26(2)14-8-6-12(7-9-14)16-11-17(25-24-16)18-19(28)23-21(30)27(20(18)29)15-5-3-4-13(22)10-15/h3-10,16,24,29H,11H2,1-2H3,(H,23,28,30)/t16-/m0/s1. The number of hydrazone groups is 1. The number of nitrogens with one attached hydrogen (secondary N) is 2. The molecule has 1 atom stereocenters. The molecule has 0 amide bonds. The molecule has 0 aliphatic carbocycles. The van der Waals surface area contributed by atoms with Gasteiger partial charge in [0, 0.05) is 31.2 Å². The number of H-pyrrole nitrogens is 1. The van der Waals surface area contributed by atoms with Gasteiger partial charge in [-0.1, -0.05) is 29.8 Å². The Labute approximate surface area is 177 Å². The van der Waals surface area contributed by atoms with Crippen molar-refractivity contribution in [3.05, 3.63) is 85.5 Å².